The maximum absolute atomic E-state index is 11.9. The Balaban J connectivity index is 1.68. The lowest BCUT2D eigenvalue weighted by Crippen LogP contribution is -2.19. The SMILES string of the molecule is O=C1Cc2ccc(NC(=O)Nc3cccc(Cl)c3)cc2N1. The lowest BCUT2D eigenvalue weighted by Gasteiger charge is -2.09. The highest BCUT2D eigenvalue weighted by Gasteiger charge is 2.17. The van der Waals surface area contributed by atoms with E-state index in [2.05, 4.69) is 16.0 Å². The molecule has 2 aromatic carbocycles. The van der Waals surface area contributed by atoms with Gasteiger partial charge in [-0.15, -0.1) is 0 Å². The van der Waals surface area contributed by atoms with Crippen molar-refractivity contribution in [2.45, 2.75) is 6.42 Å². The topological polar surface area (TPSA) is 70.2 Å². The number of halogens is 1. The summed E-state index contributed by atoms with van der Waals surface area (Å²) in [5, 5.41) is 8.69. The molecule has 0 radical (unpaired) electrons. The van der Waals surface area contributed by atoms with E-state index in [-0.39, 0.29) is 11.9 Å². The first-order chi connectivity index (χ1) is 10.1. The summed E-state index contributed by atoms with van der Waals surface area (Å²) in [6.45, 7) is 0. The predicted molar refractivity (Wildman–Crippen MR) is 82.9 cm³/mol. The van der Waals surface area contributed by atoms with Gasteiger partial charge in [-0.2, -0.15) is 0 Å². The zero-order valence-corrected chi connectivity index (χ0v) is 11.7. The van der Waals surface area contributed by atoms with E-state index in [1.807, 2.05) is 6.07 Å². The van der Waals surface area contributed by atoms with Gasteiger partial charge >= 0.3 is 6.03 Å². The summed E-state index contributed by atoms with van der Waals surface area (Å²) in [5.41, 5.74) is 2.88. The zero-order valence-electron chi connectivity index (χ0n) is 10.9. The van der Waals surface area contributed by atoms with Gasteiger partial charge in [0.1, 0.15) is 0 Å². The van der Waals surface area contributed by atoms with Crippen molar-refractivity contribution in [3.8, 4) is 0 Å². The molecule has 0 aliphatic carbocycles. The number of fused-ring (bicyclic) bond motifs is 1. The third kappa shape index (κ3) is 3.14. The van der Waals surface area contributed by atoms with Crippen LogP contribution in [-0.4, -0.2) is 11.9 Å². The zero-order chi connectivity index (χ0) is 14.8. The molecule has 0 saturated carbocycles. The Bertz CT molecular complexity index is 731. The summed E-state index contributed by atoms with van der Waals surface area (Å²) in [6.07, 6.45) is 0.379. The number of benzene rings is 2. The minimum absolute atomic E-state index is 0.0365. The molecule has 1 heterocycles. The number of hydrogen-bond donors (Lipinski definition) is 3. The van der Waals surface area contributed by atoms with Crippen molar-refractivity contribution < 1.29 is 9.59 Å². The average Bonchev–Trinajstić information content (AvgIpc) is 2.78. The molecule has 6 heteroatoms. The number of carbonyl (C=O) groups excluding carboxylic acids is 2. The number of hydrogen-bond acceptors (Lipinski definition) is 2. The van der Waals surface area contributed by atoms with Gasteiger partial charge in [0.15, 0.2) is 0 Å². The second-order valence-corrected chi connectivity index (χ2v) is 5.12. The number of urea groups is 1. The summed E-state index contributed by atoms with van der Waals surface area (Å²) >= 11 is 5.85. The van der Waals surface area contributed by atoms with Gasteiger partial charge in [-0.05, 0) is 35.9 Å². The molecular formula is C15H12ClN3O2. The van der Waals surface area contributed by atoms with E-state index >= 15 is 0 Å². The smallest absolute Gasteiger partial charge is 0.323 e. The highest BCUT2D eigenvalue weighted by atomic mass is 35.5. The minimum Gasteiger partial charge on any atom is -0.325 e. The number of nitrogens with one attached hydrogen (secondary N) is 3. The molecular weight excluding hydrogens is 290 g/mol. The van der Waals surface area contributed by atoms with Crippen molar-refractivity contribution in [1.82, 2.24) is 0 Å². The van der Waals surface area contributed by atoms with E-state index in [0.29, 0.717) is 22.8 Å². The Morgan fingerprint density at radius 1 is 1.10 bits per heavy atom. The average molecular weight is 302 g/mol. The van der Waals surface area contributed by atoms with Crippen LogP contribution in [0.1, 0.15) is 5.56 Å². The molecule has 0 unspecified atom stereocenters. The van der Waals surface area contributed by atoms with E-state index in [1.54, 1.807) is 36.4 Å². The van der Waals surface area contributed by atoms with Gasteiger partial charge in [-0.1, -0.05) is 23.7 Å². The highest BCUT2D eigenvalue weighted by molar-refractivity contribution is 6.30. The van der Waals surface area contributed by atoms with Crippen LogP contribution >= 0.6 is 11.6 Å². The minimum atomic E-state index is -0.374. The first-order valence-electron chi connectivity index (χ1n) is 6.36. The monoisotopic (exact) mass is 301 g/mol. The van der Waals surface area contributed by atoms with Gasteiger partial charge in [0, 0.05) is 22.1 Å². The van der Waals surface area contributed by atoms with Gasteiger partial charge in [-0.25, -0.2) is 4.79 Å². The standard InChI is InChI=1S/C15H12ClN3O2/c16-10-2-1-3-11(7-10)17-15(21)18-12-5-4-9-6-14(20)19-13(9)8-12/h1-5,7-8H,6H2,(H,19,20)(H2,17,18,21). The maximum atomic E-state index is 11.9. The quantitative estimate of drug-likeness (QED) is 0.795. The summed E-state index contributed by atoms with van der Waals surface area (Å²) in [7, 11) is 0. The molecule has 0 aromatic heterocycles. The molecule has 0 fully saturated rings. The summed E-state index contributed by atoms with van der Waals surface area (Å²) in [4.78, 5) is 23.2. The molecule has 0 bridgehead atoms. The fourth-order valence-corrected chi connectivity index (χ4v) is 2.34. The molecule has 2 aromatic rings. The molecule has 106 valence electrons. The maximum Gasteiger partial charge on any atom is 0.323 e. The van der Waals surface area contributed by atoms with Crippen LogP contribution in [0.15, 0.2) is 42.5 Å². The fraction of sp³-hybridized carbons (Fsp3) is 0.0667. The van der Waals surface area contributed by atoms with Crippen molar-refractivity contribution in [3.63, 3.8) is 0 Å². The van der Waals surface area contributed by atoms with Crippen molar-refractivity contribution in [1.29, 1.82) is 0 Å². The van der Waals surface area contributed by atoms with Crippen molar-refractivity contribution >= 4 is 40.6 Å². The second-order valence-electron chi connectivity index (χ2n) is 4.69. The molecule has 0 atom stereocenters. The Morgan fingerprint density at radius 3 is 2.62 bits per heavy atom. The van der Waals surface area contributed by atoms with Crippen LogP contribution in [0.25, 0.3) is 0 Å². The third-order valence-electron chi connectivity index (χ3n) is 3.08. The van der Waals surface area contributed by atoms with Gasteiger partial charge in [-0.3, -0.25) is 4.79 Å². The Morgan fingerprint density at radius 2 is 1.86 bits per heavy atom. The summed E-state index contributed by atoms with van der Waals surface area (Å²) in [6, 6.07) is 11.8. The molecule has 3 amide bonds. The van der Waals surface area contributed by atoms with E-state index < -0.39 is 0 Å². The normalized spacial score (nSPS) is 12.5. The predicted octanol–water partition coefficient (Wildman–Crippen LogP) is 3.48. The van der Waals surface area contributed by atoms with E-state index in [0.717, 1.165) is 11.3 Å². The molecule has 1 aliphatic rings. The lowest BCUT2D eigenvalue weighted by molar-refractivity contribution is -0.115. The van der Waals surface area contributed by atoms with Crippen LogP contribution in [0, 0.1) is 0 Å². The lowest BCUT2D eigenvalue weighted by atomic mass is 10.1. The number of anilines is 3. The van der Waals surface area contributed by atoms with Crippen LogP contribution in [0.2, 0.25) is 5.02 Å². The van der Waals surface area contributed by atoms with E-state index in [9.17, 15) is 9.59 Å². The summed E-state index contributed by atoms with van der Waals surface area (Å²) < 4.78 is 0. The Hall–Kier alpha value is -2.53. The molecule has 1 aliphatic heterocycles. The van der Waals surface area contributed by atoms with Crippen LogP contribution in [0.5, 0.6) is 0 Å². The largest absolute Gasteiger partial charge is 0.325 e. The third-order valence-corrected chi connectivity index (χ3v) is 3.31. The molecule has 0 spiro atoms. The first-order valence-corrected chi connectivity index (χ1v) is 6.74. The van der Waals surface area contributed by atoms with E-state index in [4.69, 9.17) is 11.6 Å². The van der Waals surface area contributed by atoms with Crippen LogP contribution in [-0.2, 0) is 11.2 Å². The Labute approximate surface area is 126 Å². The Kier molecular flexibility index (Phi) is 3.50. The van der Waals surface area contributed by atoms with Gasteiger partial charge in [0.25, 0.3) is 0 Å². The molecule has 3 rings (SSSR count). The molecule has 5 nitrogen and oxygen atoms in total. The molecule has 0 saturated heterocycles. The van der Waals surface area contributed by atoms with Crippen LogP contribution in [0.4, 0.5) is 21.9 Å². The van der Waals surface area contributed by atoms with Crippen molar-refractivity contribution in [2.75, 3.05) is 16.0 Å². The van der Waals surface area contributed by atoms with Gasteiger partial charge in [0.05, 0.1) is 6.42 Å². The number of amides is 3. The summed E-state index contributed by atoms with van der Waals surface area (Å²) in [5.74, 6) is -0.0365. The molecule has 21 heavy (non-hydrogen) atoms. The number of carbonyl (C=O) groups is 2. The second kappa shape index (κ2) is 5.46. The van der Waals surface area contributed by atoms with Crippen molar-refractivity contribution in [2.24, 2.45) is 0 Å². The van der Waals surface area contributed by atoms with Crippen LogP contribution in [0.3, 0.4) is 0 Å². The van der Waals surface area contributed by atoms with E-state index in [1.165, 1.54) is 0 Å². The fourth-order valence-electron chi connectivity index (χ4n) is 2.15. The van der Waals surface area contributed by atoms with Crippen LogP contribution < -0.4 is 16.0 Å². The highest BCUT2D eigenvalue weighted by Crippen LogP contribution is 2.26. The first kappa shape index (κ1) is 13.5. The number of rotatable bonds is 2. The molecule has 3 N–H and O–H groups in total. The van der Waals surface area contributed by atoms with Crippen molar-refractivity contribution in [3.05, 3.63) is 53.1 Å². The van der Waals surface area contributed by atoms with Gasteiger partial charge in [0.2, 0.25) is 5.91 Å². The van der Waals surface area contributed by atoms with Gasteiger partial charge < -0.3 is 16.0 Å².